The minimum Gasteiger partial charge on any atom is -0.351 e. The summed E-state index contributed by atoms with van der Waals surface area (Å²) in [5.74, 6) is -0.303. The summed E-state index contributed by atoms with van der Waals surface area (Å²) in [6.07, 6.45) is 3.50. The first-order valence-corrected chi connectivity index (χ1v) is 9.30. The second-order valence-electron chi connectivity index (χ2n) is 6.36. The Morgan fingerprint density at radius 1 is 1.24 bits per heavy atom. The van der Waals surface area contributed by atoms with Crippen molar-refractivity contribution in [3.05, 3.63) is 104 Å². The normalized spacial score (nSPS) is 11.6. The molecule has 148 valence electrons. The van der Waals surface area contributed by atoms with E-state index >= 15 is 0 Å². The van der Waals surface area contributed by atoms with Gasteiger partial charge >= 0.3 is 5.69 Å². The summed E-state index contributed by atoms with van der Waals surface area (Å²) in [5.41, 5.74) is 0.297. The minimum absolute atomic E-state index is 0.0723. The van der Waals surface area contributed by atoms with Gasteiger partial charge in [0.2, 0.25) is 0 Å². The average Bonchev–Trinajstić information content (AvgIpc) is 2.72. The summed E-state index contributed by atoms with van der Waals surface area (Å²) in [6, 6.07) is 14.3. The van der Waals surface area contributed by atoms with E-state index in [1.54, 1.807) is 0 Å². The first-order chi connectivity index (χ1) is 14.0. The molecule has 7 nitrogen and oxygen atoms in total. The molecule has 3 rings (SSSR count). The Balaban J connectivity index is 1.82. The maximum Gasteiger partial charge on any atom is 0.349 e. The maximum atomic E-state index is 12.7. The largest absolute Gasteiger partial charge is 0.351 e. The second-order valence-corrected chi connectivity index (χ2v) is 6.76. The van der Waals surface area contributed by atoms with Crippen LogP contribution in [0, 0.1) is 0 Å². The summed E-state index contributed by atoms with van der Waals surface area (Å²) >= 11 is 6.19. The molecule has 0 fully saturated rings. The van der Waals surface area contributed by atoms with Crippen LogP contribution in [-0.4, -0.2) is 27.2 Å². The third-order valence-corrected chi connectivity index (χ3v) is 4.71. The van der Waals surface area contributed by atoms with E-state index in [1.807, 2.05) is 36.4 Å². The van der Waals surface area contributed by atoms with Crippen LogP contribution in [0.15, 0.2) is 77.0 Å². The zero-order valence-corrected chi connectivity index (χ0v) is 16.2. The molecule has 1 aromatic heterocycles. The number of hydrogen-bond acceptors (Lipinski definition) is 4. The summed E-state index contributed by atoms with van der Waals surface area (Å²) < 4.78 is 0.985. The highest BCUT2D eigenvalue weighted by Gasteiger charge is 2.16. The molecule has 0 saturated carbocycles. The first-order valence-electron chi connectivity index (χ1n) is 8.92. The highest BCUT2D eigenvalue weighted by molar-refractivity contribution is 6.33. The van der Waals surface area contributed by atoms with E-state index in [4.69, 9.17) is 11.6 Å². The highest BCUT2D eigenvalue weighted by atomic mass is 35.5. The average molecular weight is 411 g/mol. The predicted octanol–water partition coefficient (Wildman–Crippen LogP) is 2.66. The third-order valence-electron chi connectivity index (χ3n) is 4.38. The van der Waals surface area contributed by atoms with Crippen LogP contribution in [0.4, 0.5) is 0 Å². The molecule has 0 saturated heterocycles. The number of nitrogens with one attached hydrogen (secondary N) is 2. The van der Waals surface area contributed by atoms with E-state index in [1.165, 1.54) is 18.2 Å². The lowest BCUT2D eigenvalue weighted by Gasteiger charge is -2.17. The van der Waals surface area contributed by atoms with Crippen molar-refractivity contribution in [1.82, 2.24) is 20.1 Å². The van der Waals surface area contributed by atoms with Crippen LogP contribution < -0.4 is 16.6 Å². The molecular weight excluding hydrogens is 392 g/mol. The number of aromatic nitrogens is 3. The van der Waals surface area contributed by atoms with Crippen LogP contribution in [0.1, 0.15) is 28.3 Å². The summed E-state index contributed by atoms with van der Waals surface area (Å²) in [6.45, 7) is 4.18. The Morgan fingerprint density at radius 3 is 2.69 bits per heavy atom. The number of amides is 1. The molecule has 0 aliphatic carbocycles. The number of benzene rings is 2. The maximum absolute atomic E-state index is 12.7. The monoisotopic (exact) mass is 410 g/mol. The SMILES string of the molecule is C=CCC(CNC(=O)c1cc(-n2ncc(=O)[nH]c2=O)ccc1Cl)c1ccccc1. The highest BCUT2D eigenvalue weighted by Crippen LogP contribution is 2.21. The number of allylic oxidation sites excluding steroid dienone is 1. The number of hydrogen-bond donors (Lipinski definition) is 2. The summed E-state index contributed by atoms with van der Waals surface area (Å²) in [7, 11) is 0. The molecule has 1 atom stereocenters. The number of rotatable bonds is 7. The zero-order chi connectivity index (χ0) is 20.8. The van der Waals surface area contributed by atoms with Crippen molar-refractivity contribution in [3.63, 3.8) is 0 Å². The molecular formula is C21H19ClN4O3. The van der Waals surface area contributed by atoms with E-state index in [0.29, 0.717) is 18.7 Å². The Kier molecular flexibility index (Phi) is 6.41. The lowest BCUT2D eigenvalue weighted by Crippen LogP contribution is -2.31. The molecule has 8 heteroatoms. The fraction of sp³-hybridized carbons (Fsp3) is 0.143. The van der Waals surface area contributed by atoms with Crippen LogP contribution >= 0.6 is 11.6 Å². The van der Waals surface area contributed by atoms with Gasteiger partial charge in [0.05, 0.1) is 16.3 Å². The van der Waals surface area contributed by atoms with Crippen LogP contribution in [0.5, 0.6) is 0 Å². The molecule has 29 heavy (non-hydrogen) atoms. The molecule has 2 N–H and O–H groups in total. The molecule has 1 unspecified atom stereocenters. The van der Waals surface area contributed by atoms with Crippen molar-refractivity contribution in [2.24, 2.45) is 0 Å². The van der Waals surface area contributed by atoms with Crippen molar-refractivity contribution >= 4 is 17.5 Å². The van der Waals surface area contributed by atoms with Crippen LogP contribution in [0.25, 0.3) is 5.69 Å². The van der Waals surface area contributed by atoms with Gasteiger partial charge in [0.15, 0.2) is 0 Å². The second kappa shape index (κ2) is 9.16. The molecule has 3 aromatic rings. The van der Waals surface area contributed by atoms with Gasteiger partial charge < -0.3 is 5.32 Å². The van der Waals surface area contributed by atoms with Crippen molar-refractivity contribution in [2.75, 3.05) is 6.54 Å². The molecule has 1 heterocycles. The van der Waals surface area contributed by atoms with Gasteiger partial charge in [-0.15, -0.1) is 6.58 Å². The van der Waals surface area contributed by atoms with Gasteiger partial charge in [0.1, 0.15) is 6.20 Å². The number of nitrogens with zero attached hydrogens (tertiary/aromatic N) is 2. The lowest BCUT2D eigenvalue weighted by molar-refractivity contribution is 0.0951. The third kappa shape index (κ3) is 4.89. The van der Waals surface area contributed by atoms with Crippen molar-refractivity contribution in [3.8, 4) is 5.69 Å². The molecule has 0 bridgehead atoms. The molecule has 0 spiro atoms. The number of aromatic amines is 1. The Hall–Kier alpha value is -3.45. The standard InChI is InChI=1S/C21H19ClN4O3/c1-2-6-15(14-7-4-3-5-8-14)12-23-20(28)17-11-16(9-10-18(17)22)26-21(29)25-19(27)13-24-26/h2-5,7-11,13,15H,1,6,12H2,(H,23,28)(H,25,27,29). The van der Waals surface area contributed by atoms with Gasteiger partial charge in [-0.3, -0.25) is 14.6 Å². The fourth-order valence-corrected chi connectivity index (χ4v) is 3.13. The summed E-state index contributed by atoms with van der Waals surface area (Å²) in [4.78, 5) is 38.0. The van der Waals surface area contributed by atoms with E-state index < -0.39 is 11.2 Å². The summed E-state index contributed by atoms with van der Waals surface area (Å²) in [5, 5.41) is 6.92. The number of H-pyrrole nitrogens is 1. The van der Waals surface area contributed by atoms with E-state index in [-0.39, 0.29) is 22.4 Å². The fourth-order valence-electron chi connectivity index (χ4n) is 2.93. The lowest BCUT2D eigenvalue weighted by atomic mass is 9.95. The number of carbonyl (C=O) groups excluding carboxylic acids is 1. The molecule has 0 aliphatic heterocycles. The van der Waals surface area contributed by atoms with Gasteiger partial charge in [-0.25, -0.2) is 4.79 Å². The Morgan fingerprint density at radius 2 is 2.00 bits per heavy atom. The van der Waals surface area contributed by atoms with Crippen LogP contribution in [-0.2, 0) is 0 Å². The smallest absolute Gasteiger partial charge is 0.349 e. The van der Waals surface area contributed by atoms with Crippen LogP contribution in [0.3, 0.4) is 0 Å². The van der Waals surface area contributed by atoms with E-state index in [9.17, 15) is 14.4 Å². The molecule has 0 radical (unpaired) electrons. The van der Waals surface area contributed by atoms with Crippen LogP contribution in [0.2, 0.25) is 5.02 Å². The Bertz CT molecular complexity index is 1140. The minimum atomic E-state index is -0.707. The van der Waals surface area contributed by atoms with Gasteiger partial charge in [-0.1, -0.05) is 48.0 Å². The van der Waals surface area contributed by atoms with Gasteiger partial charge in [-0.05, 0) is 30.2 Å². The topological polar surface area (TPSA) is 96.8 Å². The number of carbonyl (C=O) groups is 1. The van der Waals surface area contributed by atoms with Crippen molar-refractivity contribution in [2.45, 2.75) is 12.3 Å². The number of halogens is 1. The molecule has 1 amide bonds. The Labute approximate surface area is 171 Å². The van der Waals surface area contributed by atoms with E-state index in [2.05, 4.69) is 22.0 Å². The first kappa shape index (κ1) is 20.3. The van der Waals surface area contributed by atoms with Gasteiger partial charge in [0, 0.05) is 12.5 Å². The predicted molar refractivity (Wildman–Crippen MR) is 112 cm³/mol. The molecule has 2 aromatic carbocycles. The quantitative estimate of drug-likeness (QED) is 0.585. The zero-order valence-electron chi connectivity index (χ0n) is 15.5. The molecule has 0 aliphatic rings. The van der Waals surface area contributed by atoms with Crippen molar-refractivity contribution < 1.29 is 4.79 Å². The van der Waals surface area contributed by atoms with Crippen molar-refractivity contribution in [1.29, 1.82) is 0 Å². The van der Waals surface area contributed by atoms with Gasteiger partial charge in [-0.2, -0.15) is 9.78 Å². The van der Waals surface area contributed by atoms with Gasteiger partial charge in [0.25, 0.3) is 11.5 Å². The van der Waals surface area contributed by atoms with E-state index in [0.717, 1.165) is 16.4 Å².